The molecule has 0 bridgehead atoms. The Balaban J connectivity index is 3.53. The average Bonchev–Trinajstić information content (AvgIpc) is 2.35. The minimum Gasteiger partial charge on any atom is -0.465 e. The number of methoxy groups -OCH3 is 1. The van der Waals surface area contributed by atoms with E-state index < -0.39 is 0 Å². The summed E-state index contributed by atoms with van der Waals surface area (Å²) in [5.74, 6) is -0.300. The number of hydrogen-bond acceptors (Lipinski definition) is 2. The SMILES string of the molecule is C=CCCCCCCCC=C=C(C)C(=O)OC. The molecule has 0 fully saturated rings. The van der Waals surface area contributed by atoms with Crippen molar-refractivity contribution in [2.24, 2.45) is 0 Å². The van der Waals surface area contributed by atoms with Crippen LogP contribution in [-0.2, 0) is 9.53 Å². The molecule has 0 unspecified atom stereocenters. The molecule has 2 heteroatoms. The Kier molecular flexibility index (Phi) is 10.4. The van der Waals surface area contributed by atoms with Crippen LogP contribution in [0.5, 0.6) is 0 Å². The molecule has 0 atom stereocenters. The molecular weight excluding hydrogens is 212 g/mol. The van der Waals surface area contributed by atoms with Gasteiger partial charge in [0.25, 0.3) is 0 Å². The predicted octanol–water partition coefficient (Wildman–Crippen LogP) is 4.18. The Labute approximate surface area is 105 Å². The minimum absolute atomic E-state index is 0.300. The summed E-state index contributed by atoms with van der Waals surface area (Å²) >= 11 is 0. The fraction of sp³-hybridized carbons (Fsp3) is 0.600. The molecule has 0 spiro atoms. The van der Waals surface area contributed by atoms with Crippen LogP contribution in [0.2, 0.25) is 0 Å². The molecule has 0 saturated carbocycles. The van der Waals surface area contributed by atoms with Crippen LogP contribution in [-0.4, -0.2) is 13.1 Å². The molecule has 0 rings (SSSR count). The first-order valence-electron chi connectivity index (χ1n) is 6.33. The van der Waals surface area contributed by atoms with Gasteiger partial charge < -0.3 is 4.74 Å². The van der Waals surface area contributed by atoms with E-state index in [1.807, 2.05) is 12.2 Å². The summed E-state index contributed by atoms with van der Waals surface area (Å²) in [7, 11) is 1.39. The Morgan fingerprint density at radius 3 is 2.35 bits per heavy atom. The molecule has 96 valence electrons. The summed E-state index contributed by atoms with van der Waals surface area (Å²) in [6.45, 7) is 5.42. The standard InChI is InChI=1S/C15H24O2/c1-4-5-6-7-8-9-10-11-12-13-14(2)15(16)17-3/h4,12H,1,5-11H2,2-3H3. The molecule has 0 N–H and O–H groups in total. The number of ether oxygens (including phenoxy) is 1. The molecule has 0 heterocycles. The Morgan fingerprint density at radius 1 is 1.18 bits per heavy atom. The van der Waals surface area contributed by atoms with Gasteiger partial charge in [-0.05, 0) is 38.7 Å². The summed E-state index contributed by atoms with van der Waals surface area (Å²) < 4.78 is 4.58. The lowest BCUT2D eigenvalue weighted by atomic mass is 10.1. The summed E-state index contributed by atoms with van der Waals surface area (Å²) in [6, 6.07) is 0. The molecule has 0 saturated heterocycles. The van der Waals surface area contributed by atoms with Crippen molar-refractivity contribution in [2.45, 2.75) is 51.9 Å². The fourth-order valence-corrected chi connectivity index (χ4v) is 1.50. The molecule has 0 aliphatic heterocycles. The summed E-state index contributed by atoms with van der Waals surface area (Å²) in [5.41, 5.74) is 3.49. The van der Waals surface area contributed by atoms with Crippen LogP contribution in [0.1, 0.15) is 51.9 Å². The highest BCUT2D eigenvalue weighted by molar-refractivity contribution is 5.87. The Hall–Kier alpha value is -1.27. The second kappa shape index (κ2) is 11.2. The minimum atomic E-state index is -0.300. The zero-order valence-corrected chi connectivity index (χ0v) is 11.1. The van der Waals surface area contributed by atoms with Gasteiger partial charge in [0, 0.05) is 0 Å². The fourth-order valence-electron chi connectivity index (χ4n) is 1.50. The Morgan fingerprint density at radius 2 is 1.76 bits per heavy atom. The normalized spacial score (nSPS) is 9.29. The molecule has 0 aromatic rings. The lowest BCUT2D eigenvalue weighted by Crippen LogP contribution is -1.99. The molecule has 0 aromatic carbocycles. The second-order valence-corrected chi connectivity index (χ2v) is 4.10. The van der Waals surface area contributed by atoms with Crippen molar-refractivity contribution in [3.05, 3.63) is 30.0 Å². The summed E-state index contributed by atoms with van der Waals surface area (Å²) in [5, 5.41) is 0. The van der Waals surface area contributed by atoms with Crippen LogP contribution in [0.25, 0.3) is 0 Å². The van der Waals surface area contributed by atoms with E-state index in [0.29, 0.717) is 5.57 Å². The monoisotopic (exact) mass is 236 g/mol. The molecule has 0 aromatic heterocycles. The highest BCUT2D eigenvalue weighted by atomic mass is 16.5. The number of allylic oxidation sites excluding steroid dienone is 1. The van der Waals surface area contributed by atoms with Gasteiger partial charge in [0.2, 0.25) is 0 Å². The number of carbonyl (C=O) groups excluding carboxylic acids is 1. The first-order valence-corrected chi connectivity index (χ1v) is 6.33. The van der Waals surface area contributed by atoms with Gasteiger partial charge in [-0.1, -0.05) is 25.3 Å². The highest BCUT2D eigenvalue weighted by Gasteiger charge is 1.99. The van der Waals surface area contributed by atoms with Gasteiger partial charge >= 0.3 is 5.97 Å². The van der Waals surface area contributed by atoms with Gasteiger partial charge in [0.05, 0.1) is 12.7 Å². The number of unbranched alkanes of at least 4 members (excludes halogenated alkanes) is 6. The topological polar surface area (TPSA) is 26.3 Å². The van der Waals surface area contributed by atoms with E-state index in [0.717, 1.165) is 19.3 Å². The predicted molar refractivity (Wildman–Crippen MR) is 71.8 cm³/mol. The van der Waals surface area contributed by atoms with E-state index in [-0.39, 0.29) is 5.97 Å². The van der Waals surface area contributed by atoms with E-state index in [1.54, 1.807) is 6.92 Å². The summed E-state index contributed by atoms with van der Waals surface area (Å²) in [4.78, 5) is 11.0. The highest BCUT2D eigenvalue weighted by Crippen LogP contribution is 2.07. The van der Waals surface area contributed by atoms with Crippen molar-refractivity contribution < 1.29 is 9.53 Å². The van der Waals surface area contributed by atoms with Crippen molar-refractivity contribution >= 4 is 5.97 Å². The molecule has 17 heavy (non-hydrogen) atoms. The van der Waals surface area contributed by atoms with Crippen LogP contribution in [0.3, 0.4) is 0 Å². The molecular formula is C15H24O2. The van der Waals surface area contributed by atoms with Gasteiger partial charge in [-0.3, -0.25) is 0 Å². The molecule has 0 aliphatic carbocycles. The molecule has 2 nitrogen and oxygen atoms in total. The van der Waals surface area contributed by atoms with Crippen LogP contribution < -0.4 is 0 Å². The van der Waals surface area contributed by atoms with E-state index >= 15 is 0 Å². The lowest BCUT2D eigenvalue weighted by molar-refractivity contribution is -0.136. The maximum absolute atomic E-state index is 11.0. The van der Waals surface area contributed by atoms with Gasteiger partial charge in [-0.25, -0.2) is 4.79 Å². The third kappa shape index (κ3) is 9.65. The first kappa shape index (κ1) is 15.7. The quantitative estimate of drug-likeness (QED) is 0.197. The average molecular weight is 236 g/mol. The number of esters is 1. The molecule has 0 amide bonds. The third-order valence-corrected chi connectivity index (χ3v) is 2.57. The Bertz CT molecular complexity index is 283. The third-order valence-electron chi connectivity index (χ3n) is 2.57. The number of carbonyl (C=O) groups is 1. The van der Waals surface area contributed by atoms with Crippen LogP contribution >= 0.6 is 0 Å². The zero-order chi connectivity index (χ0) is 12.9. The van der Waals surface area contributed by atoms with Gasteiger partial charge in [0.15, 0.2) is 0 Å². The summed E-state index contributed by atoms with van der Waals surface area (Å²) in [6.07, 6.45) is 12.2. The van der Waals surface area contributed by atoms with Crippen molar-refractivity contribution in [1.82, 2.24) is 0 Å². The van der Waals surface area contributed by atoms with Gasteiger partial charge in [-0.15, -0.1) is 12.3 Å². The van der Waals surface area contributed by atoms with E-state index in [2.05, 4.69) is 17.0 Å². The zero-order valence-electron chi connectivity index (χ0n) is 11.1. The van der Waals surface area contributed by atoms with Crippen LogP contribution in [0, 0.1) is 0 Å². The van der Waals surface area contributed by atoms with E-state index in [9.17, 15) is 4.79 Å². The van der Waals surface area contributed by atoms with Crippen molar-refractivity contribution in [3.8, 4) is 0 Å². The molecule has 0 radical (unpaired) electrons. The second-order valence-electron chi connectivity index (χ2n) is 4.10. The first-order chi connectivity index (χ1) is 8.22. The number of rotatable bonds is 9. The lowest BCUT2D eigenvalue weighted by Gasteiger charge is -1.97. The van der Waals surface area contributed by atoms with Gasteiger partial charge in [0.1, 0.15) is 0 Å². The van der Waals surface area contributed by atoms with E-state index in [1.165, 1.54) is 32.8 Å². The largest absolute Gasteiger partial charge is 0.465 e. The van der Waals surface area contributed by atoms with Crippen molar-refractivity contribution in [1.29, 1.82) is 0 Å². The van der Waals surface area contributed by atoms with Crippen molar-refractivity contribution in [2.75, 3.05) is 7.11 Å². The van der Waals surface area contributed by atoms with Crippen LogP contribution in [0.4, 0.5) is 0 Å². The van der Waals surface area contributed by atoms with Gasteiger partial charge in [-0.2, -0.15) is 0 Å². The number of hydrogen-bond donors (Lipinski definition) is 0. The maximum atomic E-state index is 11.0. The molecule has 0 aliphatic rings. The van der Waals surface area contributed by atoms with E-state index in [4.69, 9.17) is 0 Å². The smallest absolute Gasteiger partial charge is 0.341 e. The van der Waals surface area contributed by atoms with Crippen molar-refractivity contribution in [3.63, 3.8) is 0 Å². The van der Waals surface area contributed by atoms with Crippen LogP contribution in [0.15, 0.2) is 30.0 Å². The maximum Gasteiger partial charge on any atom is 0.341 e.